The second kappa shape index (κ2) is 21.3. The topological polar surface area (TPSA) is 137 Å². The van der Waals surface area contributed by atoms with Crippen molar-refractivity contribution in [2.24, 2.45) is 0 Å². The van der Waals surface area contributed by atoms with E-state index in [1.165, 1.54) is 27.7 Å². The van der Waals surface area contributed by atoms with Crippen molar-refractivity contribution in [2.45, 2.75) is 27.7 Å². The summed E-state index contributed by atoms with van der Waals surface area (Å²) in [5.41, 5.74) is 7.23. The van der Waals surface area contributed by atoms with Crippen LogP contribution in [0.15, 0.2) is 85.2 Å². The second-order valence-corrected chi connectivity index (χ2v) is 12.1. The number of nitrogens with zero attached hydrogens (tertiary/aromatic N) is 4. The van der Waals surface area contributed by atoms with E-state index >= 15 is 0 Å². The minimum atomic E-state index is -0.343. The number of pyridine rings is 2. The molecule has 0 aliphatic heterocycles. The molecular weight excluding hydrogens is 688 g/mol. The summed E-state index contributed by atoms with van der Waals surface area (Å²) in [6, 6.07) is 23.7. The fourth-order valence-corrected chi connectivity index (χ4v) is 5.30. The van der Waals surface area contributed by atoms with E-state index in [1.807, 2.05) is 107 Å². The van der Waals surface area contributed by atoms with E-state index < -0.39 is 0 Å². The molecule has 0 fully saturated rings. The molecule has 54 heavy (non-hydrogen) atoms. The van der Waals surface area contributed by atoms with Crippen LogP contribution in [0.3, 0.4) is 0 Å². The van der Waals surface area contributed by atoms with Crippen LogP contribution in [0.2, 0.25) is 0 Å². The van der Waals surface area contributed by atoms with Crippen molar-refractivity contribution >= 4 is 59.6 Å². The van der Waals surface area contributed by atoms with Gasteiger partial charge in [0, 0.05) is 51.5 Å². The van der Waals surface area contributed by atoms with Crippen molar-refractivity contribution in [1.29, 1.82) is 0 Å². The normalized spacial score (nSPS) is 11.0. The SMILES string of the molecule is CC(=O)OCCN(CCOC(C)=O)c1ccc(/C=C/c2ccnc(-c3cc(/C=C/c4ccc(N(CCOC(C)=O)CCOC(C)=O)cc4)ccn3)c2)cc1. The molecule has 0 radical (unpaired) electrons. The van der Waals surface area contributed by atoms with Crippen LogP contribution >= 0.6 is 0 Å². The molecule has 0 unspecified atom stereocenters. The predicted octanol–water partition coefficient (Wildman–Crippen LogP) is 6.35. The number of ether oxygens (including phenoxy) is 4. The number of esters is 4. The first-order chi connectivity index (χ1) is 26.0. The van der Waals surface area contributed by atoms with Crippen LogP contribution in [0.5, 0.6) is 0 Å². The zero-order chi connectivity index (χ0) is 38.7. The lowest BCUT2D eigenvalue weighted by molar-refractivity contribution is -0.142. The van der Waals surface area contributed by atoms with E-state index in [0.29, 0.717) is 26.2 Å². The summed E-state index contributed by atoms with van der Waals surface area (Å²) in [6.45, 7) is 8.28. The number of anilines is 2. The smallest absolute Gasteiger partial charge is 0.302 e. The maximum atomic E-state index is 11.2. The highest BCUT2D eigenvalue weighted by molar-refractivity contribution is 5.75. The van der Waals surface area contributed by atoms with Crippen molar-refractivity contribution in [2.75, 3.05) is 62.4 Å². The molecule has 0 saturated heterocycles. The van der Waals surface area contributed by atoms with Crippen LogP contribution in [-0.2, 0) is 38.1 Å². The van der Waals surface area contributed by atoms with Crippen molar-refractivity contribution in [1.82, 2.24) is 9.97 Å². The number of hydrogen-bond acceptors (Lipinski definition) is 12. The Morgan fingerprint density at radius 1 is 0.463 bits per heavy atom. The lowest BCUT2D eigenvalue weighted by Gasteiger charge is -2.24. The molecule has 0 bridgehead atoms. The predicted molar refractivity (Wildman–Crippen MR) is 209 cm³/mol. The highest BCUT2D eigenvalue weighted by Gasteiger charge is 2.10. The standard InChI is InChI=1S/C42H46N4O8/c1-31(47)51-25-21-45(22-26-52-32(2)48)39-13-9-35(10-14-39)5-7-37-17-19-43-41(29-37)42-30-38(18-20-44-42)8-6-36-11-15-40(16-12-36)46(23-27-53-33(3)49)24-28-54-34(4)50/h5-20,29-30H,21-28H2,1-4H3/b7-5+,8-6+. The largest absolute Gasteiger partial charge is 0.464 e. The summed E-state index contributed by atoms with van der Waals surface area (Å²) >= 11 is 0. The van der Waals surface area contributed by atoms with E-state index in [-0.39, 0.29) is 50.3 Å². The third kappa shape index (κ3) is 14.4. The third-order valence-electron chi connectivity index (χ3n) is 7.95. The summed E-state index contributed by atoms with van der Waals surface area (Å²) in [5, 5.41) is 0. The minimum Gasteiger partial charge on any atom is -0.464 e. The number of carbonyl (C=O) groups is 4. The molecule has 12 heteroatoms. The van der Waals surface area contributed by atoms with Crippen LogP contribution in [0, 0.1) is 0 Å². The molecule has 282 valence electrons. The van der Waals surface area contributed by atoms with Gasteiger partial charge in [0.15, 0.2) is 0 Å². The molecule has 4 rings (SSSR count). The monoisotopic (exact) mass is 734 g/mol. The average Bonchev–Trinajstić information content (AvgIpc) is 3.15. The Labute approximate surface area is 316 Å². The lowest BCUT2D eigenvalue weighted by atomic mass is 10.1. The third-order valence-corrected chi connectivity index (χ3v) is 7.95. The molecule has 0 aliphatic rings. The number of hydrogen-bond donors (Lipinski definition) is 0. The van der Waals surface area contributed by atoms with E-state index in [9.17, 15) is 19.2 Å². The van der Waals surface area contributed by atoms with E-state index in [4.69, 9.17) is 18.9 Å². The van der Waals surface area contributed by atoms with Gasteiger partial charge in [0.25, 0.3) is 0 Å². The molecule has 4 aromatic rings. The van der Waals surface area contributed by atoms with Gasteiger partial charge >= 0.3 is 23.9 Å². The molecular formula is C42H46N4O8. The zero-order valence-electron chi connectivity index (χ0n) is 31.1. The average molecular weight is 735 g/mol. The quantitative estimate of drug-likeness (QED) is 0.0784. The molecule has 0 N–H and O–H groups in total. The fourth-order valence-electron chi connectivity index (χ4n) is 5.30. The van der Waals surface area contributed by atoms with Crippen LogP contribution < -0.4 is 9.80 Å². The molecule has 0 spiro atoms. The Bertz CT molecular complexity index is 1730. The number of carbonyl (C=O) groups excluding carboxylic acids is 4. The van der Waals surface area contributed by atoms with Crippen LogP contribution in [-0.4, -0.2) is 86.5 Å². The molecule has 0 amide bonds. The lowest BCUT2D eigenvalue weighted by Crippen LogP contribution is -2.31. The minimum absolute atomic E-state index is 0.229. The van der Waals surface area contributed by atoms with Crippen molar-refractivity contribution in [3.05, 3.63) is 107 Å². The van der Waals surface area contributed by atoms with Gasteiger partial charge < -0.3 is 28.7 Å². The molecule has 0 aliphatic carbocycles. The summed E-state index contributed by atoms with van der Waals surface area (Å²) in [5.74, 6) is -1.37. The van der Waals surface area contributed by atoms with Crippen LogP contribution in [0.25, 0.3) is 35.7 Å². The number of rotatable bonds is 19. The Hall–Kier alpha value is -6.30. The Morgan fingerprint density at radius 2 is 0.759 bits per heavy atom. The van der Waals surface area contributed by atoms with Gasteiger partial charge in [0.2, 0.25) is 0 Å². The molecule has 12 nitrogen and oxygen atoms in total. The van der Waals surface area contributed by atoms with Gasteiger partial charge in [-0.05, 0) is 70.8 Å². The van der Waals surface area contributed by atoms with Crippen LogP contribution in [0.1, 0.15) is 49.9 Å². The Morgan fingerprint density at radius 3 is 1.06 bits per heavy atom. The van der Waals surface area contributed by atoms with Gasteiger partial charge in [-0.1, -0.05) is 48.6 Å². The van der Waals surface area contributed by atoms with Gasteiger partial charge in [0.05, 0.1) is 37.6 Å². The highest BCUT2D eigenvalue weighted by atomic mass is 16.5. The van der Waals surface area contributed by atoms with E-state index in [1.54, 1.807) is 12.4 Å². The van der Waals surface area contributed by atoms with E-state index in [0.717, 1.165) is 45.0 Å². The van der Waals surface area contributed by atoms with E-state index in [2.05, 4.69) is 9.97 Å². The van der Waals surface area contributed by atoms with Gasteiger partial charge in [-0.3, -0.25) is 29.1 Å². The van der Waals surface area contributed by atoms with Crippen molar-refractivity contribution in [3.63, 3.8) is 0 Å². The maximum Gasteiger partial charge on any atom is 0.302 e. The summed E-state index contributed by atoms with van der Waals surface area (Å²) < 4.78 is 20.5. The summed E-state index contributed by atoms with van der Waals surface area (Å²) in [4.78, 5) is 58.1. The van der Waals surface area contributed by atoms with Gasteiger partial charge in [-0.25, -0.2) is 0 Å². The Balaban J connectivity index is 1.40. The zero-order valence-corrected chi connectivity index (χ0v) is 31.1. The molecule has 2 heterocycles. The molecule has 0 saturated carbocycles. The summed E-state index contributed by atoms with van der Waals surface area (Å²) in [7, 11) is 0. The van der Waals surface area contributed by atoms with Crippen LogP contribution in [0.4, 0.5) is 11.4 Å². The van der Waals surface area contributed by atoms with Gasteiger partial charge in [-0.2, -0.15) is 0 Å². The summed E-state index contributed by atoms with van der Waals surface area (Å²) in [6.07, 6.45) is 11.6. The first kappa shape index (κ1) is 40.5. The highest BCUT2D eigenvalue weighted by Crippen LogP contribution is 2.22. The number of benzene rings is 2. The molecule has 2 aromatic carbocycles. The second-order valence-electron chi connectivity index (χ2n) is 12.1. The van der Waals surface area contributed by atoms with Crippen molar-refractivity contribution in [3.8, 4) is 11.4 Å². The number of aromatic nitrogens is 2. The fraction of sp³-hybridized carbons (Fsp3) is 0.286. The first-order valence-electron chi connectivity index (χ1n) is 17.6. The van der Waals surface area contributed by atoms with Gasteiger partial charge in [0.1, 0.15) is 26.4 Å². The first-order valence-corrected chi connectivity index (χ1v) is 17.6. The van der Waals surface area contributed by atoms with Crippen molar-refractivity contribution < 1.29 is 38.1 Å². The Kier molecular flexibility index (Phi) is 15.9. The molecule has 2 aromatic heterocycles. The van der Waals surface area contributed by atoms with Gasteiger partial charge in [-0.15, -0.1) is 0 Å². The maximum absolute atomic E-state index is 11.2. The molecule has 0 atom stereocenters.